The Labute approximate surface area is 151 Å². The standard InChI is InChI=1S/C20H20N4O2/c25-19(13-21-20(26)17-9-5-2-6-10-17)24(15-18-11-12-22-23-18)14-16-7-3-1-4-8-16/h1-12H,13-15H2,(H,21,26)(H,22,23). The van der Waals surface area contributed by atoms with Crippen LogP contribution in [-0.2, 0) is 17.9 Å². The van der Waals surface area contributed by atoms with Crippen LogP contribution in [0, 0.1) is 0 Å². The average molecular weight is 348 g/mol. The largest absolute Gasteiger partial charge is 0.343 e. The quantitative estimate of drug-likeness (QED) is 0.688. The molecule has 2 amide bonds. The van der Waals surface area contributed by atoms with E-state index >= 15 is 0 Å². The third kappa shape index (κ3) is 4.80. The molecule has 1 heterocycles. The van der Waals surface area contributed by atoms with Gasteiger partial charge < -0.3 is 10.2 Å². The van der Waals surface area contributed by atoms with E-state index in [0.717, 1.165) is 11.3 Å². The van der Waals surface area contributed by atoms with Crippen molar-refractivity contribution >= 4 is 11.8 Å². The maximum absolute atomic E-state index is 12.7. The summed E-state index contributed by atoms with van der Waals surface area (Å²) >= 11 is 0. The van der Waals surface area contributed by atoms with Crippen LogP contribution >= 0.6 is 0 Å². The molecule has 6 heteroatoms. The molecule has 6 nitrogen and oxygen atoms in total. The molecule has 0 aliphatic rings. The lowest BCUT2D eigenvalue weighted by Gasteiger charge is -2.22. The van der Waals surface area contributed by atoms with Gasteiger partial charge in [-0.2, -0.15) is 5.10 Å². The zero-order valence-electron chi connectivity index (χ0n) is 14.3. The number of carbonyl (C=O) groups is 2. The van der Waals surface area contributed by atoms with Gasteiger partial charge in [-0.15, -0.1) is 0 Å². The summed E-state index contributed by atoms with van der Waals surface area (Å²) in [5, 5.41) is 9.48. The molecule has 26 heavy (non-hydrogen) atoms. The van der Waals surface area contributed by atoms with Gasteiger partial charge in [0, 0.05) is 18.3 Å². The van der Waals surface area contributed by atoms with E-state index in [9.17, 15) is 9.59 Å². The molecule has 0 fully saturated rings. The van der Waals surface area contributed by atoms with Gasteiger partial charge in [0.1, 0.15) is 0 Å². The van der Waals surface area contributed by atoms with Crippen molar-refractivity contribution < 1.29 is 9.59 Å². The number of hydrogen-bond donors (Lipinski definition) is 2. The number of H-pyrrole nitrogens is 1. The fraction of sp³-hybridized carbons (Fsp3) is 0.150. The maximum atomic E-state index is 12.7. The van der Waals surface area contributed by atoms with Crippen LogP contribution in [0.4, 0.5) is 0 Å². The molecule has 132 valence electrons. The number of carbonyl (C=O) groups excluding carboxylic acids is 2. The highest BCUT2D eigenvalue weighted by Crippen LogP contribution is 2.09. The van der Waals surface area contributed by atoms with Crippen LogP contribution in [0.25, 0.3) is 0 Å². The zero-order chi connectivity index (χ0) is 18.2. The molecule has 2 aromatic carbocycles. The maximum Gasteiger partial charge on any atom is 0.251 e. The van der Waals surface area contributed by atoms with Crippen LogP contribution < -0.4 is 5.32 Å². The Morgan fingerprint density at radius 2 is 1.62 bits per heavy atom. The molecular weight excluding hydrogens is 328 g/mol. The highest BCUT2D eigenvalue weighted by atomic mass is 16.2. The second kappa shape index (κ2) is 8.62. The second-order valence-electron chi connectivity index (χ2n) is 5.87. The van der Waals surface area contributed by atoms with Crippen LogP contribution in [0.5, 0.6) is 0 Å². The first-order valence-electron chi connectivity index (χ1n) is 8.35. The van der Waals surface area contributed by atoms with E-state index in [-0.39, 0.29) is 18.4 Å². The van der Waals surface area contributed by atoms with Crippen molar-refractivity contribution in [2.24, 2.45) is 0 Å². The van der Waals surface area contributed by atoms with Gasteiger partial charge in [-0.05, 0) is 23.8 Å². The first-order chi connectivity index (χ1) is 12.7. The second-order valence-corrected chi connectivity index (χ2v) is 5.87. The summed E-state index contributed by atoms with van der Waals surface area (Å²) < 4.78 is 0. The van der Waals surface area contributed by atoms with Crippen molar-refractivity contribution in [2.45, 2.75) is 13.1 Å². The van der Waals surface area contributed by atoms with E-state index < -0.39 is 0 Å². The lowest BCUT2D eigenvalue weighted by Crippen LogP contribution is -2.39. The molecule has 0 aliphatic carbocycles. The zero-order valence-corrected chi connectivity index (χ0v) is 14.3. The Bertz CT molecular complexity index is 833. The molecule has 1 aromatic heterocycles. The first-order valence-corrected chi connectivity index (χ1v) is 8.35. The van der Waals surface area contributed by atoms with Crippen LogP contribution in [0.2, 0.25) is 0 Å². The minimum atomic E-state index is -0.264. The fourth-order valence-electron chi connectivity index (χ4n) is 2.57. The smallest absolute Gasteiger partial charge is 0.251 e. The molecule has 0 bridgehead atoms. The van der Waals surface area contributed by atoms with E-state index in [1.807, 2.05) is 42.5 Å². The Kier molecular flexibility index (Phi) is 5.77. The molecule has 0 spiro atoms. The average Bonchev–Trinajstić information content (AvgIpc) is 3.20. The van der Waals surface area contributed by atoms with Gasteiger partial charge in [-0.3, -0.25) is 14.7 Å². The van der Waals surface area contributed by atoms with Crippen LogP contribution in [0.3, 0.4) is 0 Å². The molecule has 3 rings (SSSR count). The van der Waals surface area contributed by atoms with Crippen LogP contribution in [-0.4, -0.2) is 33.5 Å². The normalized spacial score (nSPS) is 10.3. The predicted octanol–water partition coefficient (Wildman–Crippen LogP) is 2.37. The van der Waals surface area contributed by atoms with E-state index in [4.69, 9.17) is 0 Å². The van der Waals surface area contributed by atoms with Crippen molar-refractivity contribution in [2.75, 3.05) is 6.54 Å². The van der Waals surface area contributed by atoms with Gasteiger partial charge in [0.15, 0.2) is 0 Å². The van der Waals surface area contributed by atoms with Gasteiger partial charge in [0.2, 0.25) is 5.91 Å². The van der Waals surface area contributed by atoms with Crippen molar-refractivity contribution in [3.8, 4) is 0 Å². The van der Waals surface area contributed by atoms with Gasteiger partial charge in [0.25, 0.3) is 5.91 Å². The summed E-state index contributed by atoms with van der Waals surface area (Å²) in [7, 11) is 0. The Balaban J connectivity index is 1.65. The molecule has 0 saturated heterocycles. The molecule has 3 aromatic rings. The highest BCUT2D eigenvalue weighted by Gasteiger charge is 2.16. The lowest BCUT2D eigenvalue weighted by atomic mass is 10.2. The van der Waals surface area contributed by atoms with Gasteiger partial charge in [-0.1, -0.05) is 48.5 Å². The minimum Gasteiger partial charge on any atom is -0.343 e. The number of benzene rings is 2. The van der Waals surface area contributed by atoms with Crippen molar-refractivity contribution in [1.82, 2.24) is 20.4 Å². The van der Waals surface area contributed by atoms with Gasteiger partial charge in [-0.25, -0.2) is 0 Å². The number of hydrogen-bond acceptors (Lipinski definition) is 3. The summed E-state index contributed by atoms with van der Waals surface area (Å²) in [6.45, 7) is 0.795. The highest BCUT2D eigenvalue weighted by molar-refractivity contribution is 5.96. The summed E-state index contributed by atoms with van der Waals surface area (Å²) in [4.78, 5) is 26.5. The van der Waals surface area contributed by atoms with Crippen molar-refractivity contribution in [3.63, 3.8) is 0 Å². The summed E-state index contributed by atoms with van der Waals surface area (Å²) in [5.41, 5.74) is 2.39. The fourth-order valence-corrected chi connectivity index (χ4v) is 2.57. The van der Waals surface area contributed by atoms with E-state index in [2.05, 4.69) is 15.5 Å². The lowest BCUT2D eigenvalue weighted by molar-refractivity contribution is -0.131. The number of aromatic amines is 1. The minimum absolute atomic E-state index is 0.0608. The number of nitrogens with one attached hydrogen (secondary N) is 2. The summed E-state index contributed by atoms with van der Waals surface area (Å²) in [6, 6.07) is 20.4. The van der Waals surface area contributed by atoms with Gasteiger partial charge >= 0.3 is 0 Å². The number of amides is 2. The SMILES string of the molecule is O=C(NCC(=O)N(Cc1ccccc1)Cc1ccn[nH]1)c1ccccc1. The van der Waals surface area contributed by atoms with E-state index in [1.165, 1.54) is 0 Å². The van der Waals surface area contributed by atoms with Gasteiger partial charge in [0.05, 0.1) is 18.8 Å². The number of nitrogens with zero attached hydrogens (tertiary/aromatic N) is 2. The third-order valence-corrected chi connectivity index (χ3v) is 3.92. The monoisotopic (exact) mass is 348 g/mol. The predicted molar refractivity (Wildman–Crippen MR) is 98.1 cm³/mol. The summed E-state index contributed by atoms with van der Waals surface area (Å²) in [6.07, 6.45) is 1.65. The molecule has 0 unspecified atom stereocenters. The topological polar surface area (TPSA) is 78.1 Å². The number of rotatable bonds is 7. The molecule has 0 atom stereocenters. The van der Waals surface area contributed by atoms with Crippen molar-refractivity contribution in [1.29, 1.82) is 0 Å². The molecule has 0 radical (unpaired) electrons. The molecule has 2 N–H and O–H groups in total. The van der Waals surface area contributed by atoms with Crippen LogP contribution in [0.1, 0.15) is 21.6 Å². The van der Waals surface area contributed by atoms with E-state index in [1.54, 1.807) is 35.4 Å². The summed E-state index contributed by atoms with van der Waals surface area (Å²) in [5.74, 6) is -0.423. The first kappa shape index (κ1) is 17.4. The molecule has 0 saturated carbocycles. The third-order valence-electron chi connectivity index (χ3n) is 3.92. The Morgan fingerprint density at radius 1 is 0.923 bits per heavy atom. The van der Waals surface area contributed by atoms with Crippen LogP contribution in [0.15, 0.2) is 72.9 Å². The van der Waals surface area contributed by atoms with Crippen molar-refractivity contribution in [3.05, 3.63) is 89.7 Å². The molecular formula is C20H20N4O2. The Hall–Kier alpha value is -3.41. The Morgan fingerprint density at radius 3 is 2.27 bits per heavy atom. The molecule has 0 aliphatic heterocycles. The number of aromatic nitrogens is 2. The van der Waals surface area contributed by atoms with E-state index in [0.29, 0.717) is 18.7 Å².